The third-order valence-electron chi connectivity index (χ3n) is 3.62. The molecule has 25 heavy (non-hydrogen) atoms. The van der Waals surface area contributed by atoms with Gasteiger partial charge in [0.1, 0.15) is 10.6 Å². The molecule has 1 aromatic carbocycles. The molecule has 2 rings (SSSR count). The molecule has 6 nitrogen and oxygen atoms in total. The average molecular weight is 360 g/mol. The Hall–Kier alpha value is -2.67. The second-order valence-corrected chi connectivity index (χ2v) is 6.74. The number of carboxylic acids is 1. The topological polar surface area (TPSA) is 95.5 Å². The summed E-state index contributed by atoms with van der Waals surface area (Å²) in [7, 11) is 1.27. The highest BCUT2D eigenvalue weighted by atomic mass is 32.1. The van der Waals surface area contributed by atoms with Gasteiger partial charge >= 0.3 is 5.97 Å². The molecule has 0 saturated heterocycles. The van der Waals surface area contributed by atoms with Crippen LogP contribution in [-0.4, -0.2) is 25.0 Å². The molecule has 1 heterocycles. The number of aliphatic carboxylic acids is 1. The van der Waals surface area contributed by atoms with Gasteiger partial charge in [0, 0.05) is 22.8 Å². The Morgan fingerprint density at radius 3 is 2.32 bits per heavy atom. The van der Waals surface area contributed by atoms with Crippen LogP contribution < -0.4 is 10.4 Å². The first-order chi connectivity index (χ1) is 11.8. The predicted molar refractivity (Wildman–Crippen MR) is 93.4 cm³/mol. The van der Waals surface area contributed by atoms with E-state index < -0.39 is 17.8 Å². The number of hydrogen-bond acceptors (Lipinski definition) is 6. The van der Waals surface area contributed by atoms with Crippen LogP contribution in [0.25, 0.3) is 11.1 Å². The Balaban J connectivity index is 2.42. The first-order valence-corrected chi connectivity index (χ1v) is 8.43. The number of esters is 1. The van der Waals surface area contributed by atoms with Crippen LogP contribution in [0.5, 0.6) is 0 Å². The lowest BCUT2D eigenvalue weighted by molar-refractivity contribution is -0.305. The fourth-order valence-electron chi connectivity index (χ4n) is 2.40. The number of aryl methyl sites for hydroxylation is 2. The van der Waals surface area contributed by atoms with Crippen LogP contribution in [0.2, 0.25) is 0 Å². The van der Waals surface area contributed by atoms with E-state index >= 15 is 0 Å². The van der Waals surface area contributed by atoms with Gasteiger partial charge in [0.05, 0.1) is 7.11 Å². The van der Waals surface area contributed by atoms with Crippen molar-refractivity contribution in [1.82, 2.24) is 0 Å². The molecule has 0 aliphatic carbocycles. The lowest BCUT2D eigenvalue weighted by Gasteiger charge is -2.08. The SMILES string of the molecule is COC(=O)c1c(NC(=O)CCC(=O)[O-])sc(C)c1-c1ccc(C)cc1. The number of hydrogen-bond donors (Lipinski definition) is 1. The van der Waals surface area contributed by atoms with Crippen LogP contribution >= 0.6 is 11.3 Å². The van der Waals surface area contributed by atoms with E-state index in [0.717, 1.165) is 16.0 Å². The van der Waals surface area contributed by atoms with E-state index in [1.165, 1.54) is 18.4 Å². The highest BCUT2D eigenvalue weighted by Crippen LogP contribution is 2.40. The molecule has 2 aromatic rings. The maximum atomic E-state index is 12.3. The number of rotatable bonds is 6. The Kier molecular flexibility index (Phi) is 5.93. The van der Waals surface area contributed by atoms with Crippen LogP contribution in [0.3, 0.4) is 0 Å². The molecule has 0 unspecified atom stereocenters. The summed E-state index contributed by atoms with van der Waals surface area (Å²) in [4.78, 5) is 35.6. The van der Waals surface area contributed by atoms with Gasteiger partial charge in [-0.1, -0.05) is 29.8 Å². The van der Waals surface area contributed by atoms with Crippen molar-refractivity contribution >= 4 is 34.2 Å². The molecule has 0 radical (unpaired) electrons. The predicted octanol–water partition coefficient (Wildman–Crippen LogP) is 2.29. The number of methoxy groups -OCH3 is 1. The van der Waals surface area contributed by atoms with Crippen molar-refractivity contribution in [2.75, 3.05) is 12.4 Å². The molecule has 132 valence electrons. The summed E-state index contributed by atoms with van der Waals surface area (Å²) in [5.74, 6) is -2.35. The fourth-order valence-corrected chi connectivity index (χ4v) is 3.48. The van der Waals surface area contributed by atoms with Crippen LogP contribution in [0.1, 0.15) is 33.6 Å². The van der Waals surface area contributed by atoms with E-state index in [0.29, 0.717) is 10.6 Å². The summed E-state index contributed by atoms with van der Waals surface area (Å²) in [6, 6.07) is 7.67. The van der Waals surface area contributed by atoms with Crippen molar-refractivity contribution in [3.8, 4) is 11.1 Å². The molecule has 1 amide bonds. The van der Waals surface area contributed by atoms with Crippen molar-refractivity contribution in [1.29, 1.82) is 0 Å². The minimum Gasteiger partial charge on any atom is -0.550 e. The Bertz CT molecular complexity index is 808. The van der Waals surface area contributed by atoms with Gasteiger partial charge in [0.2, 0.25) is 5.91 Å². The summed E-state index contributed by atoms with van der Waals surface area (Å²) in [5, 5.41) is 13.4. The Morgan fingerprint density at radius 1 is 1.12 bits per heavy atom. The van der Waals surface area contributed by atoms with Crippen LogP contribution in [0, 0.1) is 13.8 Å². The number of ether oxygens (including phenoxy) is 1. The van der Waals surface area contributed by atoms with Gasteiger partial charge in [-0.3, -0.25) is 4.79 Å². The first-order valence-electron chi connectivity index (χ1n) is 7.62. The van der Waals surface area contributed by atoms with E-state index in [9.17, 15) is 19.5 Å². The van der Waals surface area contributed by atoms with Crippen molar-refractivity contribution in [3.05, 3.63) is 40.3 Å². The van der Waals surface area contributed by atoms with Gasteiger partial charge in [-0.05, 0) is 25.8 Å². The number of carbonyl (C=O) groups excluding carboxylic acids is 3. The van der Waals surface area contributed by atoms with Crippen LogP contribution in [-0.2, 0) is 14.3 Å². The zero-order valence-electron chi connectivity index (χ0n) is 14.2. The monoisotopic (exact) mass is 360 g/mol. The maximum absolute atomic E-state index is 12.3. The Morgan fingerprint density at radius 2 is 1.76 bits per heavy atom. The van der Waals surface area contributed by atoms with Gasteiger partial charge in [-0.2, -0.15) is 0 Å². The lowest BCUT2D eigenvalue weighted by Crippen LogP contribution is -2.24. The molecule has 7 heteroatoms. The number of thiophene rings is 1. The average Bonchev–Trinajstić information content (AvgIpc) is 2.89. The minimum atomic E-state index is -1.30. The molecular formula is C18H18NO5S-. The number of anilines is 1. The molecule has 0 spiro atoms. The summed E-state index contributed by atoms with van der Waals surface area (Å²) in [5.41, 5.74) is 2.91. The maximum Gasteiger partial charge on any atom is 0.341 e. The molecule has 0 atom stereocenters. The highest BCUT2D eigenvalue weighted by Gasteiger charge is 2.25. The molecular weight excluding hydrogens is 342 g/mol. The molecule has 0 aliphatic rings. The highest BCUT2D eigenvalue weighted by molar-refractivity contribution is 7.17. The molecule has 0 saturated carbocycles. The zero-order chi connectivity index (χ0) is 18.6. The van der Waals surface area contributed by atoms with Crippen molar-refractivity contribution in [2.45, 2.75) is 26.7 Å². The first kappa shape index (κ1) is 18.7. The van der Waals surface area contributed by atoms with Gasteiger partial charge in [-0.15, -0.1) is 11.3 Å². The van der Waals surface area contributed by atoms with E-state index in [2.05, 4.69) is 5.32 Å². The quantitative estimate of drug-likeness (QED) is 0.798. The standard InChI is InChI=1S/C18H19NO5S/c1-10-4-6-12(7-5-10)15-11(2)25-17(16(15)18(23)24-3)19-13(20)8-9-14(21)22/h4-7H,8-9H2,1-3H3,(H,19,20)(H,21,22)/p-1. The molecule has 1 aromatic heterocycles. The van der Waals surface area contributed by atoms with Gasteiger partial charge in [0.15, 0.2) is 0 Å². The van der Waals surface area contributed by atoms with Gasteiger partial charge in [-0.25, -0.2) is 4.79 Å². The normalized spacial score (nSPS) is 10.4. The third kappa shape index (κ3) is 4.45. The van der Waals surface area contributed by atoms with E-state index in [4.69, 9.17) is 4.74 Å². The van der Waals surface area contributed by atoms with Crippen molar-refractivity contribution < 1.29 is 24.2 Å². The zero-order valence-corrected chi connectivity index (χ0v) is 15.0. The second-order valence-electron chi connectivity index (χ2n) is 5.52. The summed E-state index contributed by atoms with van der Waals surface area (Å²) >= 11 is 1.25. The molecule has 0 fully saturated rings. The summed E-state index contributed by atoms with van der Waals surface area (Å²) in [6.07, 6.45) is -0.603. The van der Waals surface area contributed by atoms with Crippen molar-refractivity contribution in [3.63, 3.8) is 0 Å². The lowest BCUT2D eigenvalue weighted by atomic mass is 10.0. The number of benzene rings is 1. The van der Waals surface area contributed by atoms with Gasteiger partial charge < -0.3 is 20.0 Å². The molecule has 1 N–H and O–H groups in total. The van der Waals surface area contributed by atoms with E-state index in [-0.39, 0.29) is 18.4 Å². The number of nitrogens with one attached hydrogen (secondary N) is 1. The van der Waals surface area contributed by atoms with E-state index in [1.54, 1.807) is 0 Å². The minimum absolute atomic E-state index is 0.222. The summed E-state index contributed by atoms with van der Waals surface area (Å²) in [6.45, 7) is 3.82. The fraction of sp³-hybridized carbons (Fsp3) is 0.278. The molecule has 0 aliphatic heterocycles. The number of carbonyl (C=O) groups is 3. The summed E-state index contributed by atoms with van der Waals surface area (Å²) < 4.78 is 4.87. The van der Waals surface area contributed by atoms with Crippen LogP contribution in [0.4, 0.5) is 5.00 Å². The Labute approximate surface area is 149 Å². The smallest absolute Gasteiger partial charge is 0.341 e. The van der Waals surface area contributed by atoms with E-state index in [1.807, 2.05) is 38.1 Å². The van der Waals surface area contributed by atoms with Crippen LogP contribution in [0.15, 0.2) is 24.3 Å². The number of carboxylic acid groups (broad SMARTS) is 1. The van der Waals surface area contributed by atoms with Crippen molar-refractivity contribution in [2.24, 2.45) is 0 Å². The second kappa shape index (κ2) is 7.94. The number of amides is 1. The third-order valence-corrected chi connectivity index (χ3v) is 4.64. The largest absolute Gasteiger partial charge is 0.550 e. The van der Waals surface area contributed by atoms with Gasteiger partial charge in [0.25, 0.3) is 0 Å². The molecule has 0 bridgehead atoms.